The highest BCUT2D eigenvalue weighted by Gasteiger charge is 2.08. The standard InChI is InChI=1S/C12H17Cl3N2/c1-17(2)7-3-6-16-8-9-10(13)4-5-11(14)12(9)15/h4-5,16H,3,6-8H2,1-2H3. The first-order valence-corrected chi connectivity index (χ1v) is 6.63. The van der Waals surface area contributed by atoms with Crippen LogP contribution in [0.1, 0.15) is 12.0 Å². The van der Waals surface area contributed by atoms with Crippen LogP contribution < -0.4 is 5.32 Å². The average Bonchev–Trinajstić information content (AvgIpc) is 2.27. The fourth-order valence-corrected chi connectivity index (χ4v) is 2.15. The van der Waals surface area contributed by atoms with E-state index in [1.165, 1.54) is 0 Å². The van der Waals surface area contributed by atoms with Gasteiger partial charge in [0.15, 0.2) is 0 Å². The Hall–Kier alpha value is 0.01000. The normalized spacial score (nSPS) is 11.2. The number of rotatable bonds is 6. The van der Waals surface area contributed by atoms with Crippen molar-refractivity contribution in [3.8, 4) is 0 Å². The predicted molar refractivity (Wildman–Crippen MR) is 76.3 cm³/mol. The smallest absolute Gasteiger partial charge is 0.0652 e. The van der Waals surface area contributed by atoms with E-state index in [9.17, 15) is 0 Å². The maximum atomic E-state index is 6.10. The van der Waals surface area contributed by atoms with Crippen molar-refractivity contribution in [2.75, 3.05) is 27.2 Å². The largest absolute Gasteiger partial charge is 0.313 e. The fourth-order valence-electron chi connectivity index (χ4n) is 1.46. The zero-order chi connectivity index (χ0) is 12.8. The number of nitrogens with one attached hydrogen (secondary N) is 1. The molecule has 2 nitrogen and oxygen atoms in total. The second-order valence-corrected chi connectivity index (χ2v) is 5.35. The van der Waals surface area contributed by atoms with Crippen molar-refractivity contribution in [3.05, 3.63) is 32.8 Å². The van der Waals surface area contributed by atoms with Crippen LogP contribution in [0.4, 0.5) is 0 Å². The van der Waals surface area contributed by atoms with Crippen molar-refractivity contribution in [2.45, 2.75) is 13.0 Å². The molecule has 0 amide bonds. The average molecular weight is 296 g/mol. The topological polar surface area (TPSA) is 15.3 Å². The number of nitrogens with zero attached hydrogens (tertiary/aromatic N) is 1. The van der Waals surface area contributed by atoms with Gasteiger partial charge in [0.1, 0.15) is 0 Å². The van der Waals surface area contributed by atoms with Crippen molar-refractivity contribution in [3.63, 3.8) is 0 Å². The highest BCUT2D eigenvalue weighted by atomic mass is 35.5. The molecule has 0 aromatic heterocycles. The summed E-state index contributed by atoms with van der Waals surface area (Å²) in [6, 6.07) is 3.48. The summed E-state index contributed by atoms with van der Waals surface area (Å²) in [6.07, 6.45) is 1.09. The van der Waals surface area contributed by atoms with Crippen LogP contribution in [0.3, 0.4) is 0 Å². The van der Waals surface area contributed by atoms with Gasteiger partial charge in [-0.3, -0.25) is 0 Å². The first kappa shape index (κ1) is 15.1. The lowest BCUT2D eigenvalue weighted by Gasteiger charge is -2.11. The molecular formula is C12H17Cl3N2. The fraction of sp³-hybridized carbons (Fsp3) is 0.500. The quantitative estimate of drug-likeness (QED) is 0.636. The predicted octanol–water partition coefficient (Wildman–Crippen LogP) is 3.69. The van der Waals surface area contributed by atoms with Crippen LogP contribution in [-0.2, 0) is 6.54 Å². The summed E-state index contributed by atoms with van der Waals surface area (Å²) in [5, 5.41) is 5.05. The lowest BCUT2D eigenvalue weighted by atomic mass is 10.2. The number of hydrogen-bond donors (Lipinski definition) is 1. The Morgan fingerprint density at radius 3 is 2.41 bits per heavy atom. The van der Waals surface area contributed by atoms with Crippen LogP contribution >= 0.6 is 34.8 Å². The van der Waals surface area contributed by atoms with Crippen molar-refractivity contribution >= 4 is 34.8 Å². The van der Waals surface area contributed by atoms with Gasteiger partial charge in [-0.05, 0) is 45.7 Å². The van der Waals surface area contributed by atoms with E-state index in [1.807, 2.05) is 0 Å². The van der Waals surface area contributed by atoms with E-state index >= 15 is 0 Å². The third kappa shape index (κ3) is 5.02. The molecule has 1 N–H and O–H groups in total. The Bertz CT molecular complexity index is 367. The van der Waals surface area contributed by atoms with Crippen molar-refractivity contribution < 1.29 is 0 Å². The number of hydrogen-bond acceptors (Lipinski definition) is 2. The third-order valence-corrected chi connectivity index (χ3v) is 3.60. The van der Waals surface area contributed by atoms with Gasteiger partial charge in [0, 0.05) is 17.1 Å². The first-order valence-electron chi connectivity index (χ1n) is 5.50. The van der Waals surface area contributed by atoms with Gasteiger partial charge < -0.3 is 10.2 Å². The van der Waals surface area contributed by atoms with Crippen LogP contribution in [-0.4, -0.2) is 32.1 Å². The molecule has 0 spiro atoms. The van der Waals surface area contributed by atoms with Crippen LogP contribution in [0.5, 0.6) is 0 Å². The monoisotopic (exact) mass is 294 g/mol. The molecule has 1 aromatic carbocycles. The SMILES string of the molecule is CN(C)CCCNCc1c(Cl)ccc(Cl)c1Cl. The van der Waals surface area contributed by atoms with Crippen LogP contribution in [0.15, 0.2) is 12.1 Å². The molecule has 17 heavy (non-hydrogen) atoms. The first-order chi connectivity index (χ1) is 8.02. The Morgan fingerprint density at radius 1 is 1.12 bits per heavy atom. The van der Waals surface area contributed by atoms with E-state index in [4.69, 9.17) is 34.8 Å². The Kier molecular flexibility index (Phi) is 6.60. The molecule has 0 saturated heterocycles. The summed E-state index contributed by atoms with van der Waals surface area (Å²) >= 11 is 18.1. The second kappa shape index (κ2) is 7.45. The summed E-state index contributed by atoms with van der Waals surface area (Å²) in [4.78, 5) is 2.15. The van der Waals surface area contributed by atoms with Gasteiger partial charge in [-0.1, -0.05) is 34.8 Å². The van der Waals surface area contributed by atoms with E-state index in [2.05, 4.69) is 24.3 Å². The summed E-state index contributed by atoms with van der Waals surface area (Å²) in [5.41, 5.74) is 0.866. The lowest BCUT2D eigenvalue weighted by molar-refractivity contribution is 0.394. The number of halogens is 3. The van der Waals surface area contributed by atoms with E-state index in [-0.39, 0.29) is 0 Å². The molecule has 0 aliphatic heterocycles. The molecule has 0 fully saturated rings. The van der Waals surface area contributed by atoms with Gasteiger partial charge in [0.05, 0.1) is 10.0 Å². The molecule has 5 heteroatoms. The van der Waals surface area contributed by atoms with Crippen LogP contribution in [0.25, 0.3) is 0 Å². The summed E-state index contributed by atoms with van der Waals surface area (Å²) in [6.45, 7) is 2.63. The zero-order valence-electron chi connectivity index (χ0n) is 10.1. The lowest BCUT2D eigenvalue weighted by Crippen LogP contribution is -2.21. The van der Waals surface area contributed by atoms with E-state index in [0.717, 1.165) is 25.1 Å². The molecule has 1 aromatic rings. The molecule has 0 aliphatic carbocycles. The van der Waals surface area contributed by atoms with Gasteiger partial charge in [-0.15, -0.1) is 0 Å². The van der Waals surface area contributed by atoms with E-state index < -0.39 is 0 Å². The van der Waals surface area contributed by atoms with Gasteiger partial charge in [0.25, 0.3) is 0 Å². The summed E-state index contributed by atoms with van der Waals surface area (Å²) in [5.74, 6) is 0. The maximum absolute atomic E-state index is 6.10. The minimum absolute atomic E-state index is 0.541. The van der Waals surface area contributed by atoms with Gasteiger partial charge in [-0.25, -0.2) is 0 Å². The molecular weight excluding hydrogens is 279 g/mol. The van der Waals surface area contributed by atoms with E-state index in [0.29, 0.717) is 21.6 Å². The molecule has 0 saturated carbocycles. The van der Waals surface area contributed by atoms with Crippen molar-refractivity contribution in [1.29, 1.82) is 0 Å². The van der Waals surface area contributed by atoms with Crippen LogP contribution in [0.2, 0.25) is 15.1 Å². The zero-order valence-corrected chi connectivity index (χ0v) is 12.3. The Balaban J connectivity index is 2.44. The highest BCUT2D eigenvalue weighted by Crippen LogP contribution is 2.31. The maximum Gasteiger partial charge on any atom is 0.0652 e. The molecule has 0 heterocycles. The second-order valence-electron chi connectivity index (χ2n) is 4.16. The summed E-state index contributed by atoms with van der Waals surface area (Å²) < 4.78 is 0. The van der Waals surface area contributed by atoms with Crippen LogP contribution in [0, 0.1) is 0 Å². The molecule has 1 rings (SSSR count). The van der Waals surface area contributed by atoms with Gasteiger partial charge in [-0.2, -0.15) is 0 Å². The van der Waals surface area contributed by atoms with Gasteiger partial charge in [0.2, 0.25) is 0 Å². The minimum Gasteiger partial charge on any atom is -0.313 e. The minimum atomic E-state index is 0.541. The van der Waals surface area contributed by atoms with Gasteiger partial charge >= 0.3 is 0 Å². The molecule has 0 atom stereocenters. The highest BCUT2D eigenvalue weighted by molar-refractivity contribution is 6.44. The van der Waals surface area contributed by atoms with Crippen molar-refractivity contribution in [2.24, 2.45) is 0 Å². The molecule has 0 radical (unpaired) electrons. The molecule has 96 valence electrons. The van der Waals surface area contributed by atoms with E-state index in [1.54, 1.807) is 12.1 Å². The Labute approximate surface area is 118 Å². The number of benzene rings is 1. The molecule has 0 bridgehead atoms. The van der Waals surface area contributed by atoms with Crippen molar-refractivity contribution in [1.82, 2.24) is 10.2 Å². The summed E-state index contributed by atoms with van der Waals surface area (Å²) in [7, 11) is 4.12. The molecule has 0 aliphatic rings. The Morgan fingerprint density at radius 2 is 1.76 bits per heavy atom. The molecule has 0 unspecified atom stereocenters. The third-order valence-electron chi connectivity index (χ3n) is 2.40.